The molecule has 0 amide bonds. The summed E-state index contributed by atoms with van der Waals surface area (Å²) in [6.07, 6.45) is 1.45. The molecule has 5 rings (SSSR count). The zero-order chi connectivity index (χ0) is 24.4. The van der Waals surface area contributed by atoms with Gasteiger partial charge in [0.05, 0.1) is 17.0 Å². The van der Waals surface area contributed by atoms with Crippen LogP contribution < -0.4 is 14.8 Å². The predicted molar refractivity (Wildman–Crippen MR) is 140 cm³/mol. The Balaban J connectivity index is 1.44. The van der Waals surface area contributed by atoms with Crippen molar-refractivity contribution in [3.05, 3.63) is 64.6 Å². The Morgan fingerprint density at radius 2 is 2.00 bits per heavy atom. The first-order valence-corrected chi connectivity index (χ1v) is 12.3. The minimum Gasteiger partial charge on any atom is -0.486 e. The molecule has 8 nitrogen and oxygen atoms in total. The van der Waals surface area contributed by atoms with Gasteiger partial charge in [-0.3, -0.25) is 4.99 Å². The van der Waals surface area contributed by atoms with Crippen LogP contribution in [0.15, 0.2) is 64.1 Å². The highest BCUT2D eigenvalue weighted by molar-refractivity contribution is 9.10. The zero-order valence-corrected chi connectivity index (χ0v) is 20.7. The van der Waals surface area contributed by atoms with Crippen molar-refractivity contribution >= 4 is 61.2 Å². The fraction of sp³-hybridized carbons (Fsp3) is 0.160. The standard InChI is InChI=1S/C25H20BrN3O5S/c26-23-16(15-5-6-20-21(11-15)34-9-8-33-20)2-1-3-18(23)28-24-17-10-14(4-7-22(17)35-29-24)12-27-19(13-30)25(31)32/h1-7,10-12,19,30H,8-9,13H2,(H,28,29)(H,31,32)/t19-/m1/s1. The number of aliphatic hydroxyl groups excluding tert-OH is 1. The number of rotatable bonds is 7. The Labute approximate surface area is 213 Å². The van der Waals surface area contributed by atoms with Crippen LogP contribution in [0, 0.1) is 0 Å². The Hall–Kier alpha value is -3.47. The molecule has 4 aromatic rings. The smallest absolute Gasteiger partial charge is 0.330 e. The number of carbonyl (C=O) groups is 1. The third kappa shape index (κ3) is 4.86. The van der Waals surface area contributed by atoms with Crippen molar-refractivity contribution in [3.63, 3.8) is 0 Å². The molecule has 0 saturated heterocycles. The molecule has 0 bridgehead atoms. The van der Waals surface area contributed by atoms with Crippen LogP contribution >= 0.6 is 27.5 Å². The van der Waals surface area contributed by atoms with Crippen LogP contribution in [0.3, 0.4) is 0 Å². The van der Waals surface area contributed by atoms with Crippen LogP contribution in [0.25, 0.3) is 21.2 Å². The van der Waals surface area contributed by atoms with Crippen molar-refractivity contribution in [2.24, 2.45) is 4.99 Å². The Morgan fingerprint density at radius 1 is 1.17 bits per heavy atom. The lowest BCUT2D eigenvalue weighted by molar-refractivity contribution is -0.139. The number of halogens is 1. The second-order valence-corrected chi connectivity index (χ2v) is 9.35. The zero-order valence-electron chi connectivity index (χ0n) is 18.3. The van der Waals surface area contributed by atoms with Gasteiger partial charge in [0.2, 0.25) is 0 Å². The van der Waals surface area contributed by atoms with Gasteiger partial charge in [-0.25, -0.2) is 4.79 Å². The Bertz CT molecular complexity index is 1440. The van der Waals surface area contributed by atoms with Gasteiger partial charge >= 0.3 is 5.97 Å². The molecule has 1 aliphatic rings. The summed E-state index contributed by atoms with van der Waals surface area (Å²) in [5.74, 6) is 0.974. The summed E-state index contributed by atoms with van der Waals surface area (Å²) in [5.41, 5.74) is 3.53. The SMILES string of the molecule is O=C(O)[C@@H](CO)N=Cc1ccc2snc(Nc3cccc(-c4ccc5c(c4)OCCO5)c3Br)c2c1. The quantitative estimate of drug-likeness (QED) is 0.272. The van der Waals surface area contributed by atoms with E-state index in [1.54, 1.807) is 0 Å². The summed E-state index contributed by atoms with van der Waals surface area (Å²) < 4.78 is 17.8. The van der Waals surface area contributed by atoms with Crippen LogP contribution in [-0.4, -0.2) is 52.6 Å². The maximum Gasteiger partial charge on any atom is 0.330 e. The van der Waals surface area contributed by atoms with Gasteiger partial charge in [0.15, 0.2) is 23.4 Å². The third-order valence-corrected chi connectivity index (χ3v) is 7.14. The molecule has 35 heavy (non-hydrogen) atoms. The minimum atomic E-state index is -1.19. The van der Waals surface area contributed by atoms with E-state index < -0.39 is 18.6 Å². The number of nitrogens with zero attached hydrogens (tertiary/aromatic N) is 2. The van der Waals surface area contributed by atoms with E-state index >= 15 is 0 Å². The molecule has 0 aliphatic carbocycles. The summed E-state index contributed by atoms with van der Waals surface area (Å²) in [7, 11) is 0. The highest BCUT2D eigenvalue weighted by atomic mass is 79.9. The fourth-order valence-electron chi connectivity index (χ4n) is 3.68. The molecule has 0 fully saturated rings. The van der Waals surface area contributed by atoms with Gasteiger partial charge in [0.1, 0.15) is 13.2 Å². The number of ether oxygens (including phenoxy) is 2. The number of carboxylic acid groups (broad SMARTS) is 1. The first-order valence-electron chi connectivity index (χ1n) is 10.8. The molecule has 1 aliphatic heterocycles. The van der Waals surface area contributed by atoms with Gasteiger partial charge in [-0.15, -0.1) is 0 Å². The van der Waals surface area contributed by atoms with E-state index in [1.807, 2.05) is 54.6 Å². The van der Waals surface area contributed by atoms with E-state index in [4.69, 9.17) is 14.6 Å². The molecule has 0 saturated carbocycles. The van der Waals surface area contributed by atoms with Crippen LogP contribution in [0.5, 0.6) is 11.5 Å². The molecule has 3 aromatic carbocycles. The van der Waals surface area contributed by atoms with Gasteiger partial charge in [0.25, 0.3) is 0 Å². The highest BCUT2D eigenvalue weighted by Crippen LogP contribution is 2.40. The van der Waals surface area contributed by atoms with Gasteiger partial charge in [-0.1, -0.05) is 24.3 Å². The first kappa shape index (κ1) is 23.3. The number of aliphatic carboxylic acids is 1. The van der Waals surface area contributed by atoms with E-state index in [-0.39, 0.29) is 0 Å². The highest BCUT2D eigenvalue weighted by Gasteiger charge is 2.16. The minimum absolute atomic E-state index is 0.528. The number of carboxylic acids is 1. The number of aliphatic hydroxyl groups is 1. The van der Waals surface area contributed by atoms with Crippen LogP contribution in [0.1, 0.15) is 5.56 Å². The number of aromatic nitrogens is 1. The van der Waals surface area contributed by atoms with Crippen molar-refractivity contribution in [1.82, 2.24) is 4.37 Å². The molecule has 178 valence electrons. The molecule has 0 spiro atoms. The number of hydrogen-bond acceptors (Lipinski definition) is 8. The van der Waals surface area contributed by atoms with E-state index in [1.165, 1.54) is 17.7 Å². The van der Waals surface area contributed by atoms with Gasteiger partial charge < -0.3 is 25.0 Å². The maximum atomic E-state index is 11.1. The number of anilines is 2. The first-order chi connectivity index (χ1) is 17.0. The molecule has 10 heteroatoms. The molecular formula is C25H20BrN3O5S. The van der Waals surface area contributed by atoms with E-state index in [0.717, 1.165) is 42.9 Å². The van der Waals surface area contributed by atoms with Crippen molar-refractivity contribution in [2.45, 2.75) is 6.04 Å². The molecular weight excluding hydrogens is 534 g/mol. The second kappa shape index (κ2) is 10.0. The largest absolute Gasteiger partial charge is 0.486 e. The van der Waals surface area contributed by atoms with Crippen molar-refractivity contribution in [3.8, 4) is 22.6 Å². The van der Waals surface area contributed by atoms with Gasteiger partial charge in [0, 0.05) is 16.1 Å². The number of hydrogen-bond donors (Lipinski definition) is 3. The van der Waals surface area contributed by atoms with E-state index in [2.05, 4.69) is 30.6 Å². The summed E-state index contributed by atoms with van der Waals surface area (Å²) >= 11 is 5.10. The molecule has 2 heterocycles. The van der Waals surface area contributed by atoms with Gasteiger partial charge in [-0.05, 0) is 74.5 Å². The molecule has 0 radical (unpaired) electrons. The van der Waals surface area contributed by atoms with Gasteiger partial charge in [-0.2, -0.15) is 4.37 Å². The molecule has 0 unspecified atom stereocenters. The van der Waals surface area contributed by atoms with Crippen LogP contribution in [0.4, 0.5) is 11.5 Å². The lowest BCUT2D eigenvalue weighted by Gasteiger charge is -2.19. The summed E-state index contributed by atoms with van der Waals surface area (Å²) in [5, 5.41) is 22.5. The van der Waals surface area contributed by atoms with E-state index in [0.29, 0.717) is 24.6 Å². The van der Waals surface area contributed by atoms with Crippen molar-refractivity contribution in [1.29, 1.82) is 0 Å². The average molecular weight is 554 g/mol. The topological polar surface area (TPSA) is 113 Å². The maximum absolute atomic E-state index is 11.1. The summed E-state index contributed by atoms with van der Waals surface area (Å²) in [4.78, 5) is 15.1. The third-order valence-electron chi connectivity index (χ3n) is 5.46. The second-order valence-electron chi connectivity index (χ2n) is 7.75. The number of nitrogens with one attached hydrogen (secondary N) is 1. The molecule has 1 atom stereocenters. The lowest BCUT2D eigenvalue weighted by Crippen LogP contribution is -2.22. The molecule has 1 aromatic heterocycles. The number of aliphatic imine (C=N–C) groups is 1. The van der Waals surface area contributed by atoms with Crippen LogP contribution in [-0.2, 0) is 4.79 Å². The van der Waals surface area contributed by atoms with Crippen molar-refractivity contribution < 1.29 is 24.5 Å². The monoisotopic (exact) mass is 553 g/mol. The van der Waals surface area contributed by atoms with Crippen molar-refractivity contribution in [2.75, 3.05) is 25.1 Å². The van der Waals surface area contributed by atoms with Crippen LogP contribution in [0.2, 0.25) is 0 Å². The summed E-state index contributed by atoms with van der Waals surface area (Å²) in [6, 6.07) is 16.3. The molecule has 3 N–H and O–H groups in total. The predicted octanol–water partition coefficient (Wildman–Crippen LogP) is 5.11. The Kier molecular flexibility index (Phi) is 6.67. The number of fused-ring (bicyclic) bond motifs is 2. The number of benzene rings is 3. The lowest BCUT2D eigenvalue weighted by atomic mass is 10.0. The average Bonchev–Trinajstić information content (AvgIpc) is 3.27. The Morgan fingerprint density at radius 3 is 2.80 bits per heavy atom. The summed E-state index contributed by atoms with van der Waals surface area (Å²) in [6.45, 7) is 0.514. The van der Waals surface area contributed by atoms with E-state index in [9.17, 15) is 9.90 Å². The normalized spacial score (nSPS) is 13.8. The fourth-order valence-corrected chi connectivity index (χ4v) is 4.99.